The Morgan fingerprint density at radius 3 is 2.96 bits per heavy atom. The van der Waals surface area contributed by atoms with Crippen LogP contribution < -0.4 is 5.32 Å². The largest absolute Gasteiger partial charge is 0.480 e. The maximum Gasteiger partial charge on any atom is 0.326 e. The Balaban J connectivity index is 1.84. The van der Waals surface area contributed by atoms with Crippen molar-refractivity contribution in [3.05, 3.63) is 35.0 Å². The lowest BCUT2D eigenvalue weighted by Crippen LogP contribution is -2.41. The van der Waals surface area contributed by atoms with Crippen LogP contribution >= 0.6 is 11.8 Å². The van der Waals surface area contributed by atoms with Crippen molar-refractivity contribution in [3.8, 4) is 0 Å². The molecule has 25 heavy (non-hydrogen) atoms. The highest BCUT2D eigenvalue weighted by atomic mass is 32.2. The lowest BCUT2D eigenvalue weighted by molar-refractivity contribution is -0.139. The number of thioether (sulfide) groups is 1. The molecule has 5 nitrogen and oxygen atoms in total. The number of aromatic amines is 1. The van der Waals surface area contributed by atoms with E-state index in [0.29, 0.717) is 23.7 Å². The topological polar surface area (TPSA) is 82.2 Å². The van der Waals surface area contributed by atoms with Gasteiger partial charge in [0, 0.05) is 22.2 Å². The molecule has 6 heteroatoms. The lowest BCUT2D eigenvalue weighted by Gasteiger charge is -2.18. The number of carbonyl (C=O) groups is 2. The quantitative estimate of drug-likeness (QED) is 0.739. The fraction of sp³-hybridized carbons (Fsp3) is 0.474. The first-order chi connectivity index (χ1) is 12.0. The maximum atomic E-state index is 12.5. The molecule has 1 aliphatic rings. The van der Waals surface area contributed by atoms with Gasteiger partial charge in [-0.3, -0.25) is 4.79 Å². The van der Waals surface area contributed by atoms with Crippen LogP contribution in [0.15, 0.2) is 18.2 Å². The zero-order chi connectivity index (χ0) is 18.0. The molecule has 1 aliphatic carbocycles. The molecule has 2 aromatic rings. The van der Waals surface area contributed by atoms with Crippen LogP contribution in [0.2, 0.25) is 0 Å². The molecule has 0 bridgehead atoms. The van der Waals surface area contributed by atoms with E-state index in [1.54, 1.807) is 17.8 Å². The van der Waals surface area contributed by atoms with Crippen LogP contribution in [0.1, 0.15) is 41.4 Å². The van der Waals surface area contributed by atoms with Gasteiger partial charge in [-0.2, -0.15) is 11.8 Å². The number of fused-ring (bicyclic) bond motifs is 3. The molecule has 0 spiro atoms. The molecule has 3 N–H and O–H groups in total. The van der Waals surface area contributed by atoms with Crippen LogP contribution in [0.4, 0.5) is 0 Å². The summed E-state index contributed by atoms with van der Waals surface area (Å²) in [6.07, 6.45) is 5.59. The van der Waals surface area contributed by atoms with E-state index in [2.05, 4.69) is 17.2 Å². The zero-order valence-electron chi connectivity index (χ0n) is 14.6. The van der Waals surface area contributed by atoms with Gasteiger partial charge in [0.2, 0.25) is 0 Å². The molecule has 3 rings (SSSR count). The highest BCUT2D eigenvalue weighted by Gasteiger charge is 2.23. The van der Waals surface area contributed by atoms with Crippen molar-refractivity contribution in [1.29, 1.82) is 0 Å². The van der Waals surface area contributed by atoms with E-state index in [1.165, 1.54) is 17.7 Å². The molecular weight excluding hydrogens is 336 g/mol. The van der Waals surface area contributed by atoms with Gasteiger partial charge in [0.1, 0.15) is 6.04 Å². The van der Waals surface area contributed by atoms with Gasteiger partial charge >= 0.3 is 5.97 Å². The predicted molar refractivity (Wildman–Crippen MR) is 101 cm³/mol. The summed E-state index contributed by atoms with van der Waals surface area (Å²) in [4.78, 5) is 27.3. The number of aliphatic carboxylic acids is 1. The minimum absolute atomic E-state index is 0.325. The van der Waals surface area contributed by atoms with Crippen molar-refractivity contribution in [2.24, 2.45) is 5.92 Å². The number of carbonyl (C=O) groups excluding carboxylic acids is 1. The molecule has 0 unspecified atom stereocenters. The third-order valence-corrected chi connectivity index (χ3v) is 5.55. The molecule has 134 valence electrons. The molecule has 0 aliphatic heterocycles. The van der Waals surface area contributed by atoms with E-state index in [1.807, 2.05) is 18.4 Å². The molecule has 0 fully saturated rings. The highest BCUT2D eigenvalue weighted by Crippen LogP contribution is 2.32. The van der Waals surface area contributed by atoms with Gasteiger partial charge in [-0.05, 0) is 67.4 Å². The second kappa shape index (κ2) is 7.52. The Kier molecular flexibility index (Phi) is 5.37. The van der Waals surface area contributed by atoms with Crippen LogP contribution in [0.5, 0.6) is 0 Å². The number of hydrogen-bond acceptors (Lipinski definition) is 3. The van der Waals surface area contributed by atoms with Crippen molar-refractivity contribution in [2.75, 3.05) is 12.0 Å². The Labute approximate surface area is 151 Å². The van der Waals surface area contributed by atoms with Gasteiger partial charge in [-0.15, -0.1) is 0 Å². The minimum atomic E-state index is -0.990. The average molecular weight is 360 g/mol. The third-order valence-electron chi connectivity index (χ3n) is 4.91. The van der Waals surface area contributed by atoms with Crippen molar-refractivity contribution in [1.82, 2.24) is 10.3 Å². The Morgan fingerprint density at radius 2 is 2.24 bits per heavy atom. The molecule has 2 atom stereocenters. The van der Waals surface area contributed by atoms with Crippen molar-refractivity contribution >= 4 is 34.5 Å². The summed E-state index contributed by atoms with van der Waals surface area (Å²) in [5.74, 6) is 0.0249. The summed E-state index contributed by atoms with van der Waals surface area (Å²) in [7, 11) is 0. The first kappa shape index (κ1) is 17.9. The van der Waals surface area contributed by atoms with E-state index in [4.69, 9.17) is 0 Å². The van der Waals surface area contributed by atoms with Crippen LogP contribution in [0, 0.1) is 5.92 Å². The Bertz CT molecular complexity index is 799. The van der Waals surface area contributed by atoms with Gasteiger partial charge in [0.05, 0.1) is 0 Å². The summed E-state index contributed by atoms with van der Waals surface area (Å²) in [5, 5.41) is 13.0. The van der Waals surface area contributed by atoms with Gasteiger partial charge < -0.3 is 15.4 Å². The number of amides is 1. The number of carboxylic acid groups (broad SMARTS) is 1. The minimum Gasteiger partial charge on any atom is -0.480 e. The van der Waals surface area contributed by atoms with E-state index in [9.17, 15) is 14.7 Å². The number of H-pyrrole nitrogens is 1. The predicted octanol–water partition coefficient (Wildman–Crippen LogP) is 3.23. The Morgan fingerprint density at radius 1 is 1.44 bits per heavy atom. The maximum absolute atomic E-state index is 12.5. The van der Waals surface area contributed by atoms with Gasteiger partial charge in [-0.1, -0.05) is 6.92 Å². The molecule has 0 saturated heterocycles. The van der Waals surface area contributed by atoms with E-state index >= 15 is 0 Å². The lowest BCUT2D eigenvalue weighted by atomic mass is 9.87. The average Bonchev–Trinajstić information content (AvgIpc) is 2.95. The smallest absolute Gasteiger partial charge is 0.326 e. The number of aryl methyl sites for hydroxylation is 1. The second-order valence-corrected chi connectivity index (χ2v) is 7.82. The van der Waals surface area contributed by atoms with E-state index in [0.717, 1.165) is 23.7 Å². The summed E-state index contributed by atoms with van der Waals surface area (Å²) >= 11 is 1.57. The van der Waals surface area contributed by atoms with Crippen LogP contribution in [0.3, 0.4) is 0 Å². The first-order valence-corrected chi connectivity index (χ1v) is 10.0. The van der Waals surface area contributed by atoms with Gasteiger partial charge in [0.15, 0.2) is 0 Å². The molecular formula is C19H24N2O3S. The van der Waals surface area contributed by atoms with Gasteiger partial charge in [-0.25, -0.2) is 4.79 Å². The number of nitrogens with one attached hydrogen (secondary N) is 2. The molecule has 1 heterocycles. The fourth-order valence-electron chi connectivity index (χ4n) is 3.47. The van der Waals surface area contributed by atoms with E-state index < -0.39 is 12.0 Å². The summed E-state index contributed by atoms with van der Waals surface area (Å²) in [6, 6.07) is 4.73. The third kappa shape index (κ3) is 3.84. The molecule has 0 saturated carbocycles. The SMILES string of the molecule is CSCC[C@H](NC(=O)c1ccc2[nH]c3c(c2c1)C[C@H](C)CC3)C(=O)O. The monoisotopic (exact) mass is 360 g/mol. The summed E-state index contributed by atoms with van der Waals surface area (Å²) in [5.41, 5.74) is 4.14. The number of carboxylic acids is 1. The molecule has 1 aromatic carbocycles. The van der Waals surface area contributed by atoms with Crippen molar-refractivity contribution in [2.45, 2.75) is 38.6 Å². The Hall–Kier alpha value is -1.95. The van der Waals surface area contributed by atoms with Crippen molar-refractivity contribution in [3.63, 3.8) is 0 Å². The summed E-state index contributed by atoms with van der Waals surface area (Å²) < 4.78 is 0. The summed E-state index contributed by atoms with van der Waals surface area (Å²) in [6.45, 7) is 2.25. The fourth-order valence-corrected chi connectivity index (χ4v) is 3.94. The van der Waals surface area contributed by atoms with Gasteiger partial charge in [0.25, 0.3) is 5.91 Å². The highest BCUT2D eigenvalue weighted by molar-refractivity contribution is 7.98. The normalized spacial score (nSPS) is 17.9. The first-order valence-electron chi connectivity index (χ1n) is 8.65. The van der Waals surface area contributed by atoms with Crippen LogP contribution in [-0.4, -0.2) is 40.0 Å². The zero-order valence-corrected chi connectivity index (χ0v) is 15.4. The second-order valence-electron chi connectivity index (χ2n) is 6.84. The number of aromatic nitrogens is 1. The molecule has 1 amide bonds. The number of rotatable bonds is 6. The van der Waals surface area contributed by atoms with Crippen LogP contribution in [-0.2, 0) is 17.6 Å². The van der Waals surface area contributed by atoms with Crippen LogP contribution in [0.25, 0.3) is 10.9 Å². The van der Waals surface area contributed by atoms with Crippen molar-refractivity contribution < 1.29 is 14.7 Å². The molecule has 0 radical (unpaired) electrons. The number of hydrogen-bond donors (Lipinski definition) is 3. The van der Waals surface area contributed by atoms with E-state index in [-0.39, 0.29) is 5.91 Å². The molecule has 1 aromatic heterocycles. The standard InChI is InChI=1S/C19H24N2O3S/c1-11-3-5-15-13(9-11)14-10-12(4-6-16(14)20-15)18(22)21-17(19(23)24)7-8-25-2/h4,6,10-11,17,20H,3,5,7-9H2,1-2H3,(H,21,22)(H,23,24)/t11-,17+/m1/s1. The number of benzene rings is 1.